The molecule has 1 aliphatic rings. The van der Waals surface area contributed by atoms with E-state index in [1.54, 1.807) is 20.3 Å². The van der Waals surface area contributed by atoms with Gasteiger partial charge in [-0.25, -0.2) is 9.59 Å². The minimum absolute atomic E-state index is 0.194. The van der Waals surface area contributed by atoms with E-state index in [1.807, 2.05) is 0 Å². The van der Waals surface area contributed by atoms with E-state index < -0.39 is 12.3 Å². The molecule has 16 heavy (non-hydrogen) atoms. The Morgan fingerprint density at radius 1 is 1.44 bits per heavy atom. The summed E-state index contributed by atoms with van der Waals surface area (Å²) >= 11 is 0. The Labute approximate surface area is 93.8 Å². The molecule has 1 saturated heterocycles. The molecule has 0 aromatic heterocycles. The highest BCUT2D eigenvalue weighted by Gasteiger charge is 2.32. The number of cyclic esters (lactones) is 2. The fourth-order valence-corrected chi connectivity index (χ4v) is 1.23. The van der Waals surface area contributed by atoms with Crippen LogP contribution in [-0.2, 0) is 18.9 Å². The first kappa shape index (κ1) is 12.6. The fourth-order valence-electron chi connectivity index (χ4n) is 1.23. The molecule has 2 unspecified atom stereocenters. The van der Waals surface area contributed by atoms with E-state index in [-0.39, 0.29) is 25.4 Å². The zero-order chi connectivity index (χ0) is 12.0. The first-order chi connectivity index (χ1) is 7.63. The van der Waals surface area contributed by atoms with Crippen molar-refractivity contribution in [1.29, 1.82) is 0 Å². The first-order valence-corrected chi connectivity index (χ1v) is 5.13. The van der Waals surface area contributed by atoms with Crippen molar-refractivity contribution in [2.45, 2.75) is 32.5 Å². The molecule has 0 bridgehead atoms. The lowest BCUT2D eigenvalue weighted by Crippen LogP contribution is -2.20. The predicted octanol–water partition coefficient (Wildman–Crippen LogP) is 1.68. The summed E-state index contributed by atoms with van der Waals surface area (Å²) in [4.78, 5) is 21.5. The van der Waals surface area contributed by atoms with Gasteiger partial charge in [0.1, 0.15) is 12.2 Å². The minimum atomic E-state index is -0.691. The third kappa shape index (κ3) is 3.96. The van der Waals surface area contributed by atoms with E-state index in [2.05, 4.69) is 4.74 Å². The Kier molecular flexibility index (Phi) is 4.88. The molecule has 0 aromatic carbocycles. The Morgan fingerprint density at radius 2 is 2.19 bits per heavy atom. The molecule has 0 aromatic rings. The molecule has 1 radical (unpaired) electrons. The van der Waals surface area contributed by atoms with Crippen LogP contribution in [0.2, 0.25) is 0 Å². The number of ether oxygens (including phenoxy) is 4. The van der Waals surface area contributed by atoms with Crippen molar-refractivity contribution >= 4 is 12.3 Å². The van der Waals surface area contributed by atoms with Crippen molar-refractivity contribution in [2.75, 3.05) is 13.2 Å². The third-order valence-corrected chi connectivity index (χ3v) is 1.98. The molecule has 91 valence electrons. The molecule has 0 N–H and O–H groups in total. The largest absolute Gasteiger partial charge is 0.509 e. The van der Waals surface area contributed by atoms with E-state index in [1.165, 1.54) is 0 Å². The van der Waals surface area contributed by atoms with Gasteiger partial charge in [-0.2, -0.15) is 0 Å². The van der Waals surface area contributed by atoms with Gasteiger partial charge in [-0.1, -0.05) is 0 Å². The molecule has 1 fully saturated rings. The maximum absolute atomic E-state index is 10.8. The monoisotopic (exact) mass is 231 g/mol. The summed E-state index contributed by atoms with van der Waals surface area (Å²) in [5.41, 5.74) is 0. The summed E-state index contributed by atoms with van der Waals surface area (Å²) in [6.45, 7) is 3.91. The van der Waals surface area contributed by atoms with Crippen molar-refractivity contribution < 1.29 is 28.5 Å². The number of hydrogen-bond donors (Lipinski definition) is 0. The van der Waals surface area contributed by atoms with Gasteiger partial charge in [-0.05, 0) is 20.3 Å². The molecule has 6 heteroatoms. The van der Waals surface area contributed by atoms with Gasteiger partial charge in [0.2, 0.25) is 0 Å². The molecule has 1 heterocycles. The summed E-state index contributed by atoms with van der Waals surface area (Å²) in [6.07, 6.45) is 0.177. The van der Waals surface area contributed by atoms with Gasteiger partial charge >= 0.3 is 12.3 Å². The highest BCUT2D eigenvalue weighted by Crippen LogP contribution is 2.18. The van der Waals surface area contributed by atoms with Crippen LogP contribution in [0.3, 0.4) is 0 Å². The van der Waals surface area contributed by atoms with Gasteiger partial charge in [0.05, 0.1) is 13.2 Å². The van der Waals surface area contributed by atoms with Gasteiger partial charge in [0.15, 0.2) is 0 Å². The summed E-state index contributed by atoms with van der Waals surface area (Å²) in [6, 6.07) is 0. The van der Waals surface area contributed by atoms with Crippen molar-refractivity contribution in [1.82, 2.24) is 0 Å². The average molecular weight is 231 g/mol. The van der Waals surface area contributed by atoms with Crippen LogP contribution in [0.5, 0.6) is 0 Å². The highest BCUT2D eigenvalue weighted by molar-refractivity contribution is 5.62. The van der Waals surface area contributed by atoms with Crippen LogP contribution in [0.25, 0.3) is 0 Å². The number of rotatable bonds is 5. The van der Waals surface area contributed by atoms with E-state index in [9.17, 15) is 9.59 Å². The Bertz CT molecular complexity index is 252. The Morgan fingerprint density at radius 3 is 2.75 bits per heavy atom. The lowest BCUT2D eigenvalue weighted by molar-refractivity contribution is 0.0580. The second-order valence-corrected chi connectivity index (χ2v) is 3.21. The van der Waals surface area contributed by atoms with E-state index in [0.717, 1.165) is 0 Å². The summed E-state index contributed by atoms with van der Waals surface area (Å²) in [5, 5.41) is 0. The van der Waals surface area contributed by atoms with Gasteiger partial charge in [-0.15, -0.1) is 0 Å². The molecule has 0 amide bonds. The fraction of sp³-hybridized carbons (Fsp3) is 0.700. The van der Waals surface area contributed by atoms with E-state index in [0.29, 0.717) is 6.42 Å². The Balaban J connectivity index is 2.07. The first-order valence-electron chi connectivity index (χ1n) is 5.13. The van der Waals surface area contributed by atoms with Crippen LogP contribution in [0.1, 0.15) is 20.3 Å². The van der Waals surface area contributed by atoms with E-state index >= 15 is 0 Å². The smallest absolute Gasteiger partial charge is 0.435 e. The SMILES string of the molecule is CCOC(=O)OCC[CH]C1OC(=O)OC1C. The third-order valence-electron chi connectivity index (χ3n) is 1.98. The molecule has 6 nitrogen and oxygen atoms in total. The zero-order valence-electron chi connectivity index (χ0n) is 9.30. The molecule has 1 rings (SSSR count). The van der Waals surface area contributed by atoms with E-state index in [4.69, 9.17) is 14.2 Å². The van der Waals surface area contributed by atoms with Crippen molar-refractivity contribution in [3.8, 4) is 0 Å². The van der Waals surface area contributed by atoms with Crippen LogP contribution in [-0.4, -0.2) is 37.7 Å². The maximum Gasteiger partial charge on any atom is 0.509 e. The molecular weight excluding hydrogens is 216 g/mol. The number of hydrogen-bond acceptors (Lipinski definition) is 6. The van der Waals surface area contributed by atoms with Gasteiger partial charge < -0.3 is 18.9 Å². The summed E-state index contributed by atoms with van der Waals surface area (Å²) in [5.74, 6) is 0. The van der Waals surface area contributed by atoms with Crippen molar-refractivity contribution in [2.24, 2.45) is 0 Å². The molecule has 0 spiro atoms. The topological polar surface area (TPSA) is 71.1 Å². The van der Waals surface area contributed by atoms with Crippen LogP contribution < -0.4 is 0 Å². The van der Waals surface area contributed by atoms with Crippen LogP contribution in [0, 0.1) is 6.42 Å². The minimum Gasteiger partial charge on any atom is -0.435 e. The molecule has 0 aliphatic carbocycles. The Hall–Kier alpha value is -1.46. The van der Waals surface area contributed by atoms with Crippen molar-refractivity contribution in [3.05, 3.63) is 6.42 Å². The zero-order valence-corrected chi connectivity index (χ0v) is 9.30. The second-order valence-electron chi connectivity index (χ2n) is 3.21. The van der Waals surface area contributed by atoms with Crippen LogP contribution in [0.4, 0.5) is 9.59 Å². The van der Waals surface area contributed by atoms with Gasteiger partial charge in [0.25, 0.3) is 0 Å². The second kappa shape index (κ2) is 6.19. The lowest BCUT2D eigenvalue weighted by atomic mass is 10.1. The summed E-state index contributed by atoms with van der Waals surface area (Å²) < 4.78 is 18.9. The lowest BCUT2D eigenvalue weighted by Gasteiger charge is -2.10. The number of carbonyl (C=O) groups is 2. The molecule has 2 atom stereocenters. The maximum atomic E-state index is 10.8. The predicted molar refractivity (Wildman–Crippen MR) is 52.7 cm³/mol. The number of carbonyl (C=O) groups excluding carboxylic acids is 2. The van der Waals surface area contributed by atoms with Gasteiger partial charge in [-0.3, -0.25) is 0 Å². The van der Waals surface area contributed by atoms with Crippen LogP contribution in [0.15, 0.2) is 0 Å². The van der Waals surface area contributed by atoms with Crippen molar-refractivity contribution in [3.63, 3.8) is 0 Å². The normalized spacial score (nSPS) is 23.5. The molecule has 1 aliphatic heterocycles. The van der Waals surface area contributed by atoms with Gasteiger partial charge in [0, 0.05) is 6.42 Å². The molecular formula is C10H15O6. The highest BCUT2D eigenvalue weighted by atomic mass is 16.8. The molecule has 0 saturated carbocycles. The summed E-state index contributed by atoms with van der Waals surface area (Å²) in [7, 11) is 0. The van der Waals surface area contributed by atoms with Crippen LogP contribution >= 0.6 is 0 Å². The quantitative estimate of drug-likeness (QED) is 0.529. The standard InChI is InChI=1S/C10H15O6/c1-3-13-9(11)14-6-4-5-8-7(2)15-10(12)16-8/h5,7-8H,3-4,6H2,1-2H3. The average Bonchev–Trinajstić information content (AvgIpc) is 2.53.